The van der Waals surface area contributed by atoms with E-state index in [1.165, 1.54) is 0 Å². The lowest BCUT2D eigenvalue weighted by Crippen LogP contribution is -2.39. The van der Waals surface area contributed by atoms with Crippen LogP contribution in [0.3, 0.4) is 0 Å². The van der Waals surface area contributed by atoms with Crippen LogP contribution < -0.4 is 10.5 Å². The molecule has 3 heterocycles. The van der Waals surface area contributed by atoms with Gasteiger partial charge in [-0.2, -0.15) is 0 Å². The Morgan fingerprint density at radius 1 is 1.30 bits per heavy atom. The zero-order chi connectivity index (χ0) is 21.5. The largest absolute Gasteiger partial charge is 0.481 e. The summed E-state index contributed by atoms with van der Waals surface area (Å²) in [6, 6.07) is 2.58. The Bertz CT molecular complexity index is 768. The van der Waals surface area contributed by atoms with Crippen molar-refractivity contribution in [3.8, 4) is 5.88 Å². The number of pyridine rings is 1. The first-order valence-corrected chi connectivity index (χ1v) is 11.0. The van der Waals surface area contributed by atoms with E-state index in [2.05, 4.69) is 23.7 Å². The molecule has 0 spiro atoms. The maximum Gasteiger partial charge on any atom is 0.216 e. The Morgan fingerprint density at radius 3 is 2.70 bits per heavy atom. The number of nitrogens with zero attached hydrogens (tertiary/aromatic N) is 3. The van der Waals surface area contributed by atoms with Gasteiger partial charge in [0, 0.05) is 30.0 Å². The smallest absolute Gasteiger partial charge is 0.216 e. The summed E-state index contributed by atoms with van der Waals surface area (Å²) in [4.78, 5) is 11.7. The summed E-state index contributed by atoms with van der Waals surface area (Å²) in [5.74, 6) is 1.66. The Balaban J connectivity index is 1.70. The van der Waals surface area contributed by atoms with Crippen LogP contribution in [-0.4, -0.2) is 61.7 Å². The predicted octanol–water partition coefficient (Wildman–Crippen LogP) is 3.59. The van der Waals surface area contributed by atoms with Crippen LogP contribution in [0.25, 0.3) is 0 Å². The highest BCUT2D eigenvalue weighted by Gasteiger charge is 2.23. The summed E-state index contributed by atoms with van der Waals surface area (Å²) in [5.41, 5.74) is 10.0. The topological polar surface area (TPSA) is 82.2 Å². The number of aryl methyl sites for hydroxylation is 1. The minimum Gasteiger partial charge on any atom is -0.481 e. The van der Waals surface area contributed by atoms with Crippen LogP contribution in [0.4, 0.5) is 5.69 Å². The van der Waals surface area contributed by atoms with E-state index in [4.69, 9.17) is 24.9 Å². The number of hydrogen-bond donors (Lipinski definition) is 1. The van der Waals surface area contributed by atoms with Gasteiger partial charge in [-0.05, 0) is 58.7 Å². The molecule has 166 valence electrons. The average molecular weight is 417 g/mol. The minimum atomic E-state index is 0.490. The summed E-state index contributed by atoms with van der Waals surface area (Å²) < 4.78 is 17.0. The quantitative estimate of drug-likeness (QED) is 0.714. The number of nitrogens with two attached hydrogens (primary N) is 1. The van der Waals surface area contributed by atoms with Gasteiger partial charge >= 0.3 is 0 Å². The molecule has 1 aromatic heterocycles. The summed E-state index contributed by atoms with van der Waals surface area (Å²) >= 11 is 0. The normalized spacial score (nSPS) is 22.2. The minimum absolute atomic E-state index is 0.490. The Labute approximate surface area is 180 Å². The second-order valence-electron chi connectivity index (χ2n) is 8.42. The number of ether oxygens (including phenoxy) is 3. The van der Waals surface area contributed by atoms with Crippen LogP contribution in [0.1, 0.15) is 45.1 Å². The molecule has 2 N–H and O–H groups in total. The molecule has 2 aliphatic rings. The third-order valence-corrected chi connectivity index (χ3v) is 5.95. The zero-order valence-electron chi connectivity index (χ0n) is 18.8. The third kappa shape index (κ3) is 5.95. The average Bonchev–Trinajstić information content (AvgIpc) is 2.98. The van der Waals surface area contributed by atoms with Crippen molar-refractivity contribution >= 4 is 11.4 Å². The highest BCUT2D eigenvalue weighted by Crippen LogP contribution is 2.25. The monoisotopic (exact) mass is 416 g/mol. The molecule has 7 heteroatoms. The molecule has 0 unspecified atom stereocenters. The van der Waals surface area contributed by atoms with Crippen LogP contribution >= 0.6 is 0 Å². The SMILES string of the molecule is COc1ncc(N=C2CCOCCC2=C(N)OCC2CCN(C(C)C)CC2)cc1C. The van der Waals surface area contributed by atoms with Gasteiger partial charge in [0.05, 0.1) is 44.5 Å². The number of aromatic nitrogens is 1. The summed E-state index contributed by atoms with van der Waals surface area (Å²) in [5, 5.41) is 0. The van der Waals surface area contributed by atoms with E-state index < -0.39 is 0 Å². The van der Waals surface area contributed by atoms with Crippen molar-refractivity contribution in [3.63, 3.8) is 0 Å². The van der Waals surface area contributed by atoms with Crippen LogP contribution in [0.15, 0.2) is 28.7 Å². The van der Waals surface area contributed by atoms with Crippen LogP contribution in [0.2, 0.25) is 0 Å². The molecule has 0 amide bonds. The molecule has 0 aliphatic carbocycles. The van der Waals surface area contributed by atoms with Gasteiger partial charge in [0.15, 0.2) is 5.88 Å². The van der Waals surface area contributed by atoms with Gasteiger partial charge in [-0.25, -0.2) is 4.98 Å². The van der Waals surface area contributed by atoms with Crippen molar-refractivity contribution in [1.82, 2.24) is 9.88 Å². The molecule has 0 radical (unpaired) electrons. The lowest BCUT2D eigenvalue weighted by molar-refractivity contribution is 0.0906. The van der Waals surface area contributed by atoms with Crippen molar-refractivity contribution in [2.75, 3.05) is 40.0 Å². The van der Waals surface area contributed by atoms with E-state index in [0.717, 1.165) is 48.5 Å². The van der Waals surface area contributed by atoms with Crippen LogP contribution in [-0.2, 0) is 9.47 Å². The van der Waals surface area contributed by atoms with Gasteiger partial charge < -0.3 is 24.8 Å². The fourth-order valence-electron chi connectivity index (χ4n) is 4.04. The fraction of sp³-hybridized carbons (Fsp3) is 0.652. The summed E-state index contributed by atoms with van der Waals surface area (Å²) in [6.45, 7) is 10.7. The van der Waals surface area contributed by atoms with E-state index >= 15 is 0 Å². The van der Waals surface area contributed by atoms with Crippen LogP contribution in [0, 0.1) is 12.8 Å². The first-order chi connectivity index (χ1) is 14.5. The number of hydrogen-bond acceptors (Lipinski definition) is 7. The number of likely N-dealkylation sites (tertiary alicyclic amines) is 1. The highest BCUT2D eigenvalue weighted by molar-refractivity contribution is 6.02. The molecule has 0 bridgehead atoms. The highest BCUT2D eigenvalue weighted by atomic mass is 16.5. The lowest BCUT2D eigenvalue weighted by atomic mass is 9.97. The molecule has 1 aromatic rings. The molecular formula is C23H36N4O3. The molecule has 30 heavy (non-hydrogen) atoms. The second-order valence-corrected chi connectivity index (χ2v) is 8.42. The fourth-order valence-corrected chi connectivity index (χ4v) is 4.04. The van der Waals surface area contributed by atoms with Crippen molar-refractivity contribution in [1.29, 1.82) is 0 Å². The first-order valence-electron chi connectivity index (χ1n) is 11.0. The Hall–Kier alpha value is -2.12. The molecule has 0 saturated carbocycles. The summed E-state index contributed by atoms with van der Waals surface area (Å²) in [7, 11) is 1.62. The second kappa shape index (κ2) is 10.8. The maximum absolute atomic E-state index is 6.41. The maximum atomic E-state index is 6.41. The molecule has 7 nitrogen and oxygen atoms in total. The van der Waals surface area contributed by atoms with Gasteiger partial charge in [0.2, 0.25) is 5.88 Å². The van der Waals surface area contributed by atoms with E-state index in [1.807, 2.05) is 13.0 Å². The van der Waals surface area contributed by atoms with Crippen molar-refractivity contribution in [3.05, 3.63) is 29.3 Å². The predicted molar refractivity (Wildman–Crippen MR) is 119 cm³/mol. The molecular weight excluding hydrogens is 380 g/mol. The van der Waals surface area contributed by atoms with Gasteiger partial charge in [0.25, 0.3) is 0 Å². The van der Waals surface area contributed by atoms with E-state index in [0.29, 0.717) is 56.4 Å². The first kappa shape index (κ1) is 22.6. The van der Waals surface area contributed by atoms with Gasteiger partial charge in [-0.1, -0.05) is 0 Å². The van der Waals surface area contributed by atoms with E-state index in [1.54, 1.807) is 13.3 Å². The Kier molecular flexibility index (Phi) is 8.10. The van der Waals surface area contributed by atoms with Crippen molar-refractivity contribution < 1.29 is 14.2 Å². The molecule has 2 aliphatic heterocycles. The van der Waals surface area contributed by atoms with Gasteiger partial charge in [0.1, 0.15) is 0 Å². The molecule has 2 fully saturated rings. The zero-order valence-corrected chi connectivity index (χ0v) is 18.8. The van der Waals surface area contributed by atoms with E-state index in [9.17, 15) is 0 Å². The standard InChI is InChI=1S/C23H36N4O3/c1-16(2)27-9-5-18(6-10-27)15-30-22(24)20-7-11-29-12-8-21(20)26-19-13-17(3)23(28-4)25-14-19/h13-14,16,18H,5-12,15,24H2,1-4H3. The molecule has 2 saturated heterocycles. The summed E-state index contributed by atoms with van der Waals surface area (Å²) in [6.07, 6.45) is 5.45. The number of aliphatic imine (C=N–C) groups is 1. The van der Waals surface area contributed by atoms with Crippen molar-refractivity contribution in [2.45, 2.75) is 52.5 Å². The number of piperidine rings is 1. The lowest BCUT2D eigenvalue weighted by Gasteiger charge is -2.34. The Morgan fingerprint density at radius 2 is 2.03 bits per heavy atom. The third-order valence-electron chi connectivity index (χ3n) is 5.95. The van der Waals surface area contributed by atoms with Crippen molar-refractivity contribution in [2.24, 2.45) is 16.6 Å². The van der Waals surface area contributed by atoms with Crippen LogP contribution in [0.5, 0.6) is 5.88 Å². The van der Waals surface area contributed by atoms with Gasteiger partial charge in [-0.15, -0.1) is 0 Å². The van der Waals surface area contributed by atoms with E-state index in [-0.39, 0.29) is 0 Å². The number of methoxy groups -OCH3 is 1. The van der Waals surface area contributed by atoms with Gasteiger partial charge in [-0.3, -0.25) is 4.99 Å². The molecule has 0 aromatic carbocycles. The number of rotatable bonds is 6. The molecule has 3 rings (SSSR count). The molecule has 0 atom stereocenters.